The van der Waals surface area contributed by atoms with E-state index in [4.69, 9.17) is 16.3 Å². The first-order valence-corrected chi connectivity index (χ1v) is 11.4. The fraction of sp³-hybridized carbons (Fsp3) is 0.273. The Labute approximate surface area is 199 Å². The molecule has 9 nitrogen and oxygen atoms in total. The SMILES string of the molecule is Cn1cnc(C[C@@H](NC(=O)c2ccc(Cl)s2)C(=O)Nc2ccc(N3CCOCC3=O)cc2)c1. The van der Waals surface area contributed by atoms with Crippen LogP contribution in [0.1, 0.15) is 15.4 Å². The Hall–Kier alpha value is -3.21. The van der Waals surface area contributed by atoms with Gasteiger partial charge in [0.05, 0.1) is 27.8 Å². The summed E-state index contributed by atoms with van der Waals surface area (Å²) in [6, 6.07) is 9.36. The smallest absolute Gasteiger partial charge is 0.262 e. The Kier molecular flexibility index (Phi) is 7.07. The van der Waals surface area contributed by atoms with Crippen molar-refractivity contribution in [1.82, 2.24) is 14.9 Å². The molecule has 0 spiro atoms. The van der Waals surface area contributed by atoms with Crippen LogP contribution in [0.5, 0.6) is 0 Å². The van der Waals surface area contributed by atoms with Crippen LogP contribution in [0.15, 0.2) is 48.9 Å². The number of benzene rings is 1. The van der Waals surface area contributed by atoms with Crippen LogP contribution in [0.25, 0.3) is 0 Å². The molecule has 1 atom stereocenters. The molecular weight excluding hydrogens is 466 g/mol. The fourth-order valence-electron chi connectivity index (χ4n) is 3.40. The number of hydrogen-bond donors (Lipinski definition) is 2. The second kappa shape index (κ2) is 10.2. The third-order valence-corrected chi connectivity index (χ3v) is 6.25. The normalized spacial score (nSPS) is 14.7. The first-order valence-electron chi connectivity index (χ1n) is 10.2. The Bertz CT molecular complexity index is 1160. The number of aromatic nitrogens is 2. The summed E-state index contributed by atoms with van der Waals surface area (Å²) in [5.41, 5.74) is 1.95. The van der Waals surface area contributed by atoms with Crippen LogP contribution in [-0.4, -0.2) is 53.1 Å². The predicted octanol–water partition coefficient (Wildman–Crippen LogP) is 2.48. The summed E-state index contributed by atoms with van der Waals surface area (Å²) in [5.74, 6) is -0.874. The Morgan fingerprint density at radius 3 is 2.67 bits per heavy atom. The Morgan fingerprint density at radius 1 is 1.24 bits per heavy atom. The molecule has 0 aliphatic carbocycles. The van der Waals surface area contributed by atoms with Gasteiger partial charge in [-0.15, -0.1) is 11.3 Å². The van der Waals surface area contributed by atoms with Gasteiger partial charge in [-0.3, -0.25) is 14.4 Å². The molecule has 1 fully saturated rings. The van der Waals surface area contributed by atoms with E-state index in [0.29, 0.717) is 33.7 Å². The van der Waals surface area contributed by atoms with Crippen molar-refractivity contribution in [1.29, 1.82) is 0 Å². The van der Waals surface area contributed by atoms with Crippen LogP contribution < -0.4 is 15.5 Å². The van der Waals surface area contributed by atoms with Gasteiger partial charge in [0.2, 0.25) is 5.91 Å². The predicted molar refractivity (Wildman–Crippen MR) is 126 cm³/mol. The average molecular weight is 488 g/mol. The lowest BCUT2D eigenvalue weighted by atomic mass is 10.1. The highest BCUT2D eigenvalue weighted by Crippen LogP contribution is 2.22. The second-order valence-corrected chi connectivity index (χ2v) is 9.21. The van der Waals surface area contributed by atoms with Crippen LogP contribution in [0.2, 0.25) is 4.34 Å². The first-order chi connectivity index (χ1) is 15.9. The lowest BCUT2D eigenvalue weighted by molar-refractivity contribution is -0.125. The van der Waals surface area contributed by atoms with Crippen molar-refractivity contribution in [2.45, 2.75) is 12.5 Å². The van der Waals surface area contributed by atoms with Gasteiger partial charge in [0.1, 0.15) is 12.6 Å². The van der Waals surface area contributed by atoms with Gasteiger partial charge in [0.15, 0.2) is 0 Å². The summed E-state index contributed by atoms with van der Waals surface area (Å²) >= 11 is 7.08. The molecule has 33 heavy (non-hydrogen) atoms. The van der Waals surface area contributed by atoms with Crippen molar-refractivity contribution in [3.63, 3.8) is 0 Å². The molecule has 1 saturated heterocycles. The number of rotatable bonds is 7. The van der Waals surface area contributed by atoms with Crippen LogP contribution in [0.4, 0.5) is 11.4 Å². The van der Waals surface area contributed by atoms with E-state index in [2.05, 4.69) is 15.6 Å². The fourth-order valence-corrected chi connectivity index (χ4v) is 4.35. The number of hydrogen-bond acceptors (Lipinski definition) is 6. The van der Waals surface area contributed by atoms with E-state index >= 15 is 0 Å². The van der Waals surface area contributed by atoms with Crippen molar-refractivity contribution >= 4 is 52.0 Å². The maximum atomic E-state index is 13.1. The van der Waals surface area contributed by atoms with Crippen molar-refractivity contribution in [3.05, 3.63) is 63.8 Å². The monoisotopic (exact) mass is 487 g/mol. The van der Waals surface area contributed by atoms with Gasteiger partial charge >= 0.3 is 0 Å². The van der Waals surface area contributed by atoms with E-state index in [9.17, 15) is 14.4 Å². The average Bonchev–Trinajstić information content (AvgIpc) is 3.42. The lowest BCUT2D eigenvalue weighted by Gasteiger charge is -2.27. The lowest BCUT2D eigenvalue weighted by Crippen LogP contribution is -2.45. The van der Waals surface area contributed by atoms with Gasteiger partial charge < -0.3 is 24.8 Å². The molecule has 1 aliphatic rings. The molecule has 172 valence electrons. The molecule has 2 aromatic heterocycles. The number of imidazole rings is 1. The number of thiophene rings is 1. The van der Waals surface area contributed by atoms with E-state index in [1.54, 1.807) is 58.4 Å². The maximum absolute atomic E-state index is 13.1. The van der Waals surface area contributed by atoms with Crippen LogP contribution in [0, 0.1) is 0 Å². The van der Waals surface area contributed by atoms with Gasteiger partial charge in [-0.1, -0.05) is 11.6 Å². The molecule has 0 bridgehead atoms. The van der Waals surface area contributed by atoms with Gasteiger partial charge in [-0.05, 0) is 36.4 Å². The molecule has 1 aromatic carbocycles. The molecule has 3 heterocycles. The van der Waals surface area contributed by atoms with Gasteiger partial charge in [0.25, 0.3) is 11.8 Å². The molecule has 0 unspecified atom stereocenters. The Balaban J connectivity index is 1.46. The van der Waals surface area contributed by atoms with E-state index in [0.717, 1.165) is 17.0 Å². The van der Waals surface area contributed by atoms with Crippen molar-refractivity contribution in [2.75, 3.05) is 30.0 Å². The minimum Gasteiger partial charge on any atom is -0.370 e. The minimum absolute atomic E-state index is 0.0584. The summed E-state index contributed by atoms with van der Waals surface area (Å²) < 4.78 is 7.42. The van der Waals surface area contributed by atoms with E-state index in [-0.39, 0.29) is 30.7 Å². The molecule has 11 heteroatoms. The Morgan fingerprint density at radius 2 is 2.03 bits per heavy atom. The van der Waals surface area contributed by atoms with E-state index in [1.807, 2.05) is 7.05 Å². The highest BCUT2D eigenvalue weighted by atomic mass is 35.5. The standard InChI is InChI=1S/C22H22ClN5O4S/c1-27-11-15(24-13-27)10-17(26-22(31)18-6-7-19(23)33-18)21(30)25-14-2-4-16(5-3-14)28-8-9-32-12-20(28)29/h2-7,11,13,17H,8-10,12H2,1H3,(H,25,30)(H,26,31)/t17-/m1/s1. The van der Waals surface area contributed by atoms with E-state index in [1.165, 1.54) is 0 Å². The zero-order chi connectivity index (χ0) is 23.4. The third-order valence-electron chi connectivity index (χ3n) is 5.02. The molecule has 0 saturated carbocycles. The van der Waals surface area contributed by atoms with Crippen LogP contribution in [-0.2, 0) is 27.8 Å². The number of ether oxygens (including phenoxy) is 1. The highest BCUT2D eigenvalue weighted by Gasteiger charge is 2.24. The number of nitrogens with one attached hydrogen (secondary N) is 2. The minimum atomic E-state index is -0.853. The summed E-state index contributed by atoms with van der Waals surface area (Å²) in [7, 11) is 1.83. The highest BCUT2D eigenvalue weighted by molar-refractivity contribution is 7.18. The second-order valence-electron chi connectivity index (χ2n) is 7.50. The zero-order valence-electron chi connectivity index (χ0n) is 17.8. The molecule has 3 aromatic rings. The maximum Gasteiger partial charge on any atom is 0.262 e. The number of amides is 3. The van der Waals surface area contributed by atoms with Crippen LogP contribution in [0.3, 0.4) is 0 Å². The molecule has 3 amide bonds. The van der Waals surface area contributed by atoms with Crippen LogP contribution >= 0.6 is 22.9 Å². The van der Waals surface area contributed by atoms with Gasteiger partial charge in [-0.2, -0.15) is 0 Å². The molecule has 0 radical (unpaired) electrons. The van der Waals surface area contributed by atoms with Gasteiger partial charge in [0, 0.05) is 37.6 Å². The number of halogens is 1. The van der Waals surface area contributed by atoms with Crippen molar-refractivity contribution < 1.29 is 19.1 Å². The first kappa shape index (κ1) is 23.0. The zero-order valence-corrected chi connectivity index (χ0v) is 19.4. The molecule has 2 N–H and O–H groups in total. The summed E-state index contributed by atoms with van der Waals surface area (Å²) in [6.07, 6.45) is 3.65. The molecular formula is C22H22ClN5O4S. The summed E-state index contributed by atoms with van der Waals surface area (Å²) in [6.45, 7) is 1.02. The third kappa shape index (κ3) is 5.78. The van der Waals surface area contributed by atoms with Gasteiger partial charge in [-0.25, -0.2) is 4.98 Å². The number of morpholine rings is 1. The van der Waals surface area contributed by atoms with Crippen molar-refractivity contribution in [2.24, 2.45) is 7.05 Å². The number of anilines is 2. The molecule has 1 aliphatic heterocycles. The quantitative estimate of drug-likeness (QED) is 0.532. The van der Waals surface area contributed by atoms with E-state index < -0.39 is 6.04 Å². The topological polar surface area (TPSA) is 106 Å². The summed E-state index contributed by atoms with van der Waals surface area (Å²) in [4.78, 5) is 44.1. The largest absolute Gasteiger partial charge is 0.370 e. The number of carbonyl (C=O) groups is 3. The van der Waals surface area contributed by atoms with Crippen molar-refractivity contribution in [3.8, 4) is 0 Å². The summed E-state index contributed by atoms with van der Waals surface area (Å²) in [5, 5.41) is 5.61. The molecule has 4 rings (SSSR count). The number of aryl methyl sites for hydroxylation is 1. The number of carbonyl (C=O) groups excluding carboxylic acids is 3. The number of nitrogens with zero attached hydrogens (tertiary/aromatic N) is 3.